The molecule has 19 heavy (non-hydrogen) atoms. The largest absolute Gasteiger partial charge is 0.307 e. The molecular weight excluding hydrogens is 300 g/mol. The van der Waals surface area contributed by atoms with Crippen molar-refractivity contribution in [2.45, 2.75) is 45.2 Å². The SMILES string of the molecule is CCN1CCCC(N[C@@H](C)c2ccccc2Br)CC1. The van der Waals surface area contributed by atoms with Crippen LogP contribution in [0.2, 0.25) is 0 Å². The quantitative estimate of drug-likeness (QED) is 0.901. The van der Waals surface area contributed by atoms with Crippen LogP contribution in [0.3, 0.4) is 0 Å². The summed E-state index contributed by atoms with van der Waals surface area (Å²) in [6, 6.07) is 9.58. The van der Waals surface area contributed by atoms with Crippen LogP contribution in [0.1, 0.15) is 44.7 Å². The summed E-state index contributed by atoms with van der Waals surface area (Å²) in [6.07, 6.45) is 3.88. The zero-order valence-electron chi connectivity index (χ0n) is 12.0. The van der Waals surface area contributed by atoms with E-state index in [-0.39, 0.29) is 0 Å². The molecule has 1 N–H and O–H groups in total. The summed E-state index contributed by atoms with van der Waals surface area (Å²) in [5, 5.41) is 3.80. The van der Waals surface area contributed by atoms with Crippen LogP contribution in [-0.4, -0.2) is 30.6 Å². The first-order valence-electron chi connectivity index (χ1n) is 7.43. The molecule has 2 rings (SSSR count). The Morgan fingerprint density at radius 3 is 2.84 bits per heavy atom. The predicted molar refractivity (Wildman–Crippen MR) is 85.4 cm³/mol. The van der Waals surface area contributed by atoms with Gasteiger partial charge in [0.2, 0.25) is 0 Å². The summed E-state index contributed by atoms with van der Waals surface area (Å²) < 4.78 is 1.21. The molecular formula is C16H25BrN2. The van der Waals surface area contributed by atoms with E-state index in [1.54, 1.807) is 0 Å². The fourth-order valence-corrected chi connectivity index (χ4v) is 3.54. The monoisotopic (exact) mass is 324 g/mol. The smallest absolute Gasteiger partial charge is 0.0305 e. The van der Waals surface area contributed by atoms with Gasteiger partial charge in [0.25, 0.3) is 0 Å². The van der Waals surface area contributed by atoms with Crippen molar-refractivity contribution in [3.8, 4) is 0 Å². The van der Waals surface area contributed by atoms with E-state index < -0.39 is 0 Å². The molecule has 1 unspecified atom stereocenters. The summed E-state index contributed by atoms with van der Waals surface area (Å²) >= 11 is 3.65. The summed E-state index contributed by atoms with van der Waals surface area (Å²) in [7, 11) is 0. The lowest BCUT2D eigenvalue weighted by Gasteiger charge is -2.23. The van der Waals surface area contributed by atoms with Crippen molar-refractivity contribution >= 4 is 15.9 Å². The van der Waals surface area contributed by atoms with Crippen molar-refractivity contribution in [1.29, 1.82) is 0 Å². The van der Waals surface area contributed by atoms with Gasteiger partial charge in [-0.1, -0.05) is 41.1 Å². The normalized spacial score (nSPS) is 23.0. The van der Waals surface area contributed by atoms with E-state index in [1.807, 2.05) is 0 Å². The van der Waals surface area contributed by atoms with E-state index in [0.29, 0.717) is 12.1 Å². The molecule has 0 amide bonds. The third-order valence-corrected chi connectivity index (χ3v) is 4.85. The molecule has 0 aromatic heterocycles. The summed E-state index contributed by atoms with van der Waals surface area (Å²) in [6.45, 7) is 8.21. The Balaban J connectivity index is 1.92. The molecule has 106 valence electrons. The second-order valence-corrected chi connectivity index (χ2v) is 6.33. The minimum absolute atomic E-state index is 0.411. The number of hydrogen-bond donors (Lipinski definition) is 1. The average molecular weight is 325 g/mol. The van der Waals surface area contributed by atoms with Crippen LogP contribution in [-0.2, 0) is 0 Å². The van der Waals surface area contributed by atoms with Crippen LogP contribution >= 0.6 is 15.9 Å². The van der Waals surface area contributed by atoms with Crippen molar-refractivity contribution in [3.63, 3.8) is 0 Å². The highest BCUT2D eigenvalue weighted by Gasteiger charge is 2.18. The highest BCUT2D eigenvalue weighted by Crippen LogP contribution is 2.24. The van der Waals surface area contributed by atoms with Gasteiger partial charge in [0.1, 0.15) is 0 Å². The molecule has 2 atom stereocenters. The number of nitrogens with zero attached hydrogens (tertiary/aromatic N) is 1. The van der Waals surface area contributed by atoms with Gasteiger partial charge < -0.3 is 10.2 Å². The second kappa shape index (κ2) is 7.41. The van der Waals surface area contributed by atoms with E-state index in [4.69, 9.17) is 0 Å². The number of benzene rings is 1. The Bertz CT molecular complexity index is 394. The maximum absolute atomic E-state index is 3.80. The number of rotatable bonds is 4. The van der Waals surface area contributed by atoms with Crippen LogP contribution in [0.25, 0.3) is 0 Å². The third kappa shape index (κ3) is 4.30. The molecule has 1 heterocycles. The van der Waals surface area contributed by atoms with E-state index in [0.717, 1.165) is 0 Å². The Morgan fingerprint density at radius 2 is 2.11 bits per heavy atom. The van der Waals surface area contributed by atoms with Gasteiger partial charge in [0.05, 0.1) is 0 Å². The first-order chi connectivity index (χ1) is 9.20. The van der Waals surface area contributed by atoms with Crippen molar-refractivity contribution in [2.24, 2.45) is 0 Å². The molecule has 0 saturated carbocycles. The topological polar surface area (TPSA) is 15.3 Å². The van der Waals surface area contributed by atoms with E-state index in [9.17, 15) is 0 Å². The fraction of sp³-hybridized carbons (Fsp3) is 0.625. The predicted octanol–water partition coefficient (Wildman–Crippen LogP) is 3.97. The maximum Gasteiger partial charge on any atom is 0.0305 e. The lowest BCUT2D eigenvalue weighted by molar-refractivity contribution is 0.295. The van der Waals surface area contributed by atoms with Gasteiger partial charge in [-0.15, -0.1) is 0 Å². The van der Waals surface area contributed by atoms with Gasteiger partial charge in [0.15, 0.2) is 0 Å². The first-order valence-corrected chi connectivity index (χ1v) is 8.22. The van der Waals surface area contributed by atoms with E-state index >= 15 is 0 Å². The van der Waals surface area contributed by atoms with Gasteiger partial charge in [-0.3, -0.25) is 0 Å². The highest BCUT2D eigenvalue weighted by molar-refractivity contribution is 9.10. The molecule has 1 aromatic carbocycles. The van der Waals surface area contributed by atoms with Crippen LogP contribution < -0.4 is 5.32 Å². The molecule has 0 bridgehead atoms. The van der Waals surface area contributed by atoms with Crippen molar-refractivity contribution in [1.82, 2.24) is 10.2 Å². The number of nitrogens with one attached hydrogen (secondary N) is 1. The van der Waals surface area contributed by atoms with Crippen LogP contribution in [0.5, 0.6) is 0 Å². The van der Waals surface area contributed by atoms with Crippen molar-refractivity contribution in [2.75, 3.05) is 19.6 Å². The molecule has 3 heteroatoms. The zero-order chi connectivity index (χ0) is 13.7. The van der Waals surface area contributed by atoms with Gasteiger partial charge >= 0.3 is 0 Å². The number of likely N-dealkylation sites (tertiary alicyclic amines) is 1. The zero-order valence-corrected chi connectivity index (χ0v) is 13.6. The molecule has 1 fully saturated rings. The number of hydrogen-bond acceptors (Lipinski definition) is 2. The van der Waals surface area contributed by atoms with Crippen molar-refractivity contribution in [3.05, 3.63) is 34.3 Å². The van der Waals surface area contributed by atoms with Crippen molar-refractivity contribution < 1.29 is 0 Å². The summed E-state index contributed by atoms with van der Waals surface area (Å²) in [5.41, 5.74) is 1.36. The highest BCUT2D eigenvalue weighted by atomic mass is 79.9. The Hall–Kier alpha value is -0.380. The fourth-order valence-electron chi connectivity index (χ4n) is 2.91. The van der Waals surface area contributed by atoms with Gasteiger partial charge in [-0.05, 0) is 57.5 Å². The first kappa shape index (κ1) is 15.0. The van der Waals surface area contributed by atoms with E-state index in [1.165, 1.54) is 48.9 Å². The maximum atomic E-state index is 3.80. The molecule has 1 aliphatic rings. The van der Waals surface area contributed by atoms with Crippen LogP contribution in [0, 0.1) is 0 Å². The van der Waals surface area contributed by atoms with Crippen LogP contribution in [0.4, 0.5) is 0 Å². The van der Waals surface area contributed by atoms with Gasteiger partial charge in [-0.2, -0.15) is 0 Å². The third-order valence-electron chi connectivity index (χ3n) is 4.13. The standard InChI is InChI=1S/C16H25BrN2/c1-3-19-11-6-7-14(10-12-19)18-13(2)15-8-4-5-9-16(15)17/h4-5,8-9,13-14,18H,3,6-7,10-12H2,1-2H3/t13-,14?/m0/s1. The molecule has 1 aromatic rings. The molecule has 1 saturated heterocycles. The minimum atomic E-state index is 0.411. The summed E-state index contributed by atoms with van der Waals surface area (Å²) in [4.78, 5) is 2.56. The molecule has 0 aliphatic carbocycles. The Labute approximate surface area is 125 Å². The van der Waals surface area contributed by atoms with Gasteiger partial charge in [-0.25, -0.2) is 0 Å². The van der Waals surface area contributed by atoms with E-state index in [2.05, 4.69) is 64.3 Å². The average Bonchev–Trinajstić information content (AvgIpc) is 2.64. The Morgan fingerprint density at radius 1 is 1.32 bits per heavy atom. The van der Waals surface area contributed by atoms with Crippen LogP contribution in [0.15, 0.2) is 28.7 Å². The molecule has 1 aliphatic heterocycles. The van der Waals surface area contributed by atoms with Gasteiger partial charge in [0, 0.05) is 16.6 Å². The summed E-state index contributed by atoms with van der Waals surface area (Å²) in [5.74, 6) is 0. The second-order valence-electron chi connectivity index (χ2n) is 5.47. The minimum Gasteiger partial charge on any atom is -0.307 e. The lowest BCUT2D eigenvalue weighted by atomic mass is 10.0. The molecule has 0 spiro atoms. The Kier molecular flexibility index (Phi) is 5.86. The molecule has 0 radical (unpaired) electrons. The lowest BCUT2D eigenvalue weighted by Crippen LogP contribution is -2.33. The number of halogens is 1. The molecule has 2 nitrogen and oxygen atoms in total.